The molecule has 37 heavy (non-hydrogen) atoms. The van der Waals surface area contributed by atoms with Crippen molar-refractivity contribution in [1.29, 1.82) is 0 Å². The van der Waals surface area contributed by atoms with Gasteiger partial charge >= 0.3 is 0 Å². The Kier molecular flexibility index (Phi) is 8.60. The van der Waals surface area contributed by atoms with Crippen molar-refractivity contribution in [2.45, 2.75) is 57.3 Å². The Morgan fingerprint density at radius 2 is 1.78 bits per heavy atom. The van der Waals surface area contributed by atoms with Gasteiger partial charge in [-0.3, -0.25) is 4.98 Å². The number of nitrogens with one attached hydrogen (secondary N) is 2. The minimum atomic E-state index is 0.145. The number of fused-ring (bicyclic) bond motifs is 1. The van der Waals surface area contributed by atoms with Gasteiger partial charge in [0.15, 0.2) is 0 Å². The molecule has 1 unspecified atom stereocenters. The summed E-state index contributed by atoms with van der Waals surface area (Å²) in [5, 5.41) is 6.90. The van der Waals surface area contributed by atoms with E-state index in [9.17, 15) is 0 Å². The number of hydrogen-bond acceptors (Lipinski definition) is 10. The van der Waals surface area contributed by atoms with Crippen molar-refractivity contribution in [2.24, 2.45) is 0 Å². The highest BCUT2D eigenvalue weighted by Gasteiger charge is 2.24. The molecular formula is C27H37N7O3. The van der Waals surface area contributed by atoms with Crippen LogP contribution in [0, 0.1) is 0 Å². The van der Waals surface area contributed by atoms with E-state index >= 15 is 0 Å². The Bertz CT molecular complexity index is 1130. The number of benzene rings is 1. The predicted octanol–water partition coefficient (Wildman–Crippen LogP) is 3.18. The van der Waals surface area contributed by atoms with Crippen LogP contribution in [0.2, 0.25) is 0 Å². The molecular weight excluding hydrogens is 470 g/mol. The van der Waals surface area contributed by atoms with Gasteiger partial charge in [-0.2, -0.15) is 0 Å². The molecule has 10 heteroatoms. The monoisotopic (exact) mass is 507 g/mol. The Balaban J connectivity index is 1.15. The van der Waals surface area contributed by atoms with Gasteiger partial charge in [0, 0.05) is 80.9 Å². The van der Waals surface area contributed by atoms with Crippen LogP contribution in [0.1, 0.15) is 38.2 Å². The first-order valence-electron chi connectivity index (χ1n) is 13.2. The van der Waals surface area contributed by atoms with Crippen molar-refractivity contribution >= 4 is 22.7 Å². The lowest BCUT2D eigenvalue weighted by molar-refractivity contribution is 0.122. The van der Waals surface area contributed by atoms with E-state index < -0.39 is 0 Å². The first-order chi connectivity index (χ1) is 18.2. The van der Waals surface area contributed by atoms with Gasteiger partial charge in [-0.25, -0.2) is 15.0 Å². The molecule has 0 spiro atoms. The molecule has 1 aliphatic carbocycles. The van der Waals surface area contributed by atoms with E-state index in [1.807, 2.05) is 12.4 Å². The number of methoxy groups -OCH3 is 1. The summed E-state index contributed by atoms with van der Waals surface area (Å²) in [7, 11) is 1.71. The van der Waals surface area contributed by atoms with Gasteiger partial charge in [0.2, 0.25) is 5.95 Å². The van der Waals surface area contributed by atoms with E-state index in [-0.39, 0.29) is 12.1 Å². The lowest BCUT2D eigenvalue weighted by Gasteiger charge is -2.31. The number of nitrogens with zero attached hydrogens (tertiary/aromatic N) is 5. The minimum Gasteiger partial charge on any atom is -0.488 e. The molecule has 1 aromatic carbocycles. The topological polar surface area (TPSA) is 107 Å². The van der Waals surface area contributed by atoms with Crippen LogP contribution in [0.15, 0.2) is 36.9 Å². The predicted molar refractivity (Wildman–Crippen MR) is 143 cm³/mol. The fraction of sp³-hybridized carbons (Fsp3) is 0.556. The number of aromatic nitrogens is 4. The smallest absolute Gasteiger partial charge is 0.222 e. The molecule has 1 atom stereocenters. The van der Waals surface area contributed by atoms with Crippen molar-refractivity contribution in [1.82, 2.24) is 25.3 Å². The molecule has 0 amide bonds. The molecule has 1 saturated carbocycles. The molecule has 2 aromatic heterocycles. The van der Waals surface area contributed by atoms with Crippen LogP contribution in [0.5, 0.6) is 5.75 Å². The first kappa shape index (κ1) is 25.6. The van der Waals surface area contributed by atoms with Gasteiger partial charge in [-0.05, 0) is 38.7 Å². The van der Waals surface area contributed by atoms with Crippen LogP contribution in [-0.2, 0) is 16.0 Å². The summed E-state index contributed by atoms with van der Waals surface area (Å²) in [6.45, 7) is 6.71. The van der Waals surface area contributed by atoms with Crippen molar-refractivity contribution in [3.8, 4) is 5.75 Å². The van der Waals surface area contributed by atoms with Gasteiger partial charge < -0.3 is 29.7 Å². The van der Waals surface area contributed by atoms with Gasteiger partial charge in [0.1, 0.15) is 11.3 Å². The fourth-order valence-electron chi connectivity index (χ4n) is 4.93. The van der Waals surface area contributed by atoms with Crippen LogP contribution in [0.4, 0.5) is 11.6 Å². The average Bonchev–Trinajstić information content (AvgIpc) is 2.94. The lowest BCUT2D eigenvalue weighted by atomic mass is 9.93. The molecule has 5 rings (SSSR count). The van der Waals surface area contributed by atoms with Crippen LogP contribution in [0.25, 0.3) is 11.0 Å². The number of morpholine rings is 1. The van der Waals surface area contributed by atoms with E-state index in [1.54, 1.807) is 19.5 Å². The number of ether oxygens (including phenoxy) is 3. The molecule has 2 fully saturated rings. The van der Waals surface area contributed by atoms with E-state index in [0.717, 1.165) is 86.6 Å². The van der Waals surface area contributed by atoms with Crippen LogP contribution in [0.3, 0.4) is 0 Å². The number of hydrogen-bond donors (Lipinski definition) is 2. The maximum Gasteiger partial charge on any atom is 0.222 e. The second-order valence-electron chi connectivity index (χ2n) is 9.86. The molecule has 0 bridgehead atoms. The summed E-state index contributed by atoms with van der Waals surface area (Å²) in [5.74, 6) is 1.49. The van der Waals surface area contributed by atoms with Crippen LogP contribution in [-0.4, -0.2) is 78.1 Å². The molecule has 1 saturated heterocycles. The Hall–Kier alpha value is -3.08. The normalized spacial score (nSPS) is 21.1. The Morgan fingerprint density at radius 1 is 1.03 bits per heavy atom. The average molecular weight is 508 g/mol. The zero-order chi connectivity index (χ0) is 25.5. The highest BCUT2D eigenvalue weighted by molar-refractivity contribution is 5.85. The maximum atomic E-state index is 6.54. The first-order valence-corrected chi connectivity index (χ1v) is 13.2. The third-order valence-electron chi connectivity index (χ3n) is 6.98. The highest BCUT2D eigenvalue weighted by atomic mass is 16.5. The molecule has 10 nitrogen and oxygen atoms in total. The summed E-state index contributed by atoms with van der Waals surface area (Å²) in [4.78, 5) is 20.5. The van der Waals surface area contributed by atoms with E-state index in [2.05, 4.69) is 54.5 Å². The largest absolute Gasteiger partial charge is 0.488 e. The molecule has 1 aliphatic heterocycles. The van der Waals surface area contributed by atoms with E-state index in [1.165, 1.54) is 0 Å². The quantitative estimate of drug-likeness (QED) is 0.425. The number of rotatable bonds is 10. The van der Waals surface area contributed by atoms with E-state index in [4.69, 9.17) is 14.2 Å². The molecule has 198 valence electrons. The minimum absolute atomic E-state index is 0.145. The second-order valence-corrected chi connectivity index (χ2v) is 9.86. The maximum absolute atomic E-state index is 6.54. The summed E-state index contributed by atoms with van der Waals surface area (Å²) >= 11 is 0. The SMILES string of the molecule is COCC(C)NCc1cnc(NC2CCC(Oc3cc(N4CCOCC4)cc4nccnc34)CC2)nc1. The zero-order valence-electron chi connectivity index (χ0n) is 21.7. The lowest BCUT2D eigenvalue weighted by Crippen LogP contribution is -2.36. The molecule has 3 aromatic rings. The Morgan fingerprint density at radius 3 is 2.54 bits per heavy atom. The van der Waals surface area contributed by atoms with Gasteiger partial charge in [0.25, 0.3) is 0 Å². The van der Waals surface area contributed by atoms with Crippen molar-refractivity contribution < 1.29 is 14.2 Å². The zero-order valence-corrected chi connectivity index (χ0v) is 21.7. The fourth-order valence-corrected chi connectivity index (χ4v) is 4.93. The van der Waals surface area contributed by atoms with Crippen molar-refractivity contribution in [2.75, 3.05) is 50.2 Å². The highest BCUT2D eigenvalue weighted by Crippen LogP contribution is 2.33. The summed E-state index contributed by atoms with van der Waals surface area (Å²) in [6.07, 6.45) is 11.3. The van der Waals surface area contributed by atoms with Crippen molar-refractivity contribution in [3.05, 3.63) is 42.5 Å². The van der Waals surface area contributed by atoms with Crippen molar-refractivity contribution in [3.63, 3.8) is 0 Å². The third kappa shape index (κ3) is 6.82. The van der Waals surface area contributed by atoms with Gasteiger partial charge in [-0.15, -0.1) is 0 Å². The summed E-state index contributed by atoms with van der Waals surface area (Å²) in [5.41, 5.74) is 3.85. The standard InChI is InChI=1S/C27H37N7O3/c1-19(18-35-2)30-15-20-16-31-27(32-17-20)33-21-3-5-23(6-4-21)37-25-14-22(34-9-11-36-12-10-34)13-24-26(25)29-8-7-28-24/h7-8,13-14,16-17,19,21,23,30H,3-6,9-12,15,18H2,1-2H3,(H,31,32,33). The van der Waals surface area contributed by atoms with Crippen LogP contribution >= 0.6 is 0 Å². The summed E-state index contributed by atoms with van der Waals surface area (Å²) < 4.78 is 17.2. The molecule has 2 N–H and O–H groups in total. The van der Waals surface area contributed by atoms with Gasteiger partial charge in [-0.1, -0.05) is 0 Å². The molecule has 0 radical (unpaired) electrons. The summed E-state index contributed by atoms with van der Waals surface area (Å²) in [6, 6.07) is 4.84. The van der Waals surface area contributed by atoms with Gasteiger partial charge in [0.05, 0.1) is 31.4 Å². The molecule has 2 aliphatic rings. The Labute approximate surface area is 218 Å². The third-order valence-corrected chi connectivity index (χ3v) is 6.98. The number of anilines is 2. The van der Waals surface area contributed by atoms with Crippen LogP contribution < -0.4 is 20.3 Å². The molecule has 3 heterocycles. The second kappa shape index (κ2) is 12.4. The van der Waals surface area contributed by atoms with E-state index in [0.29, 0.717) is 18.6 Å².